The Balaban J connectivity index is 2.19. The van der Waals surface area contributed by atoms with Gasteiger partial charge in [-0.05, 0) is 48.0 Å². The van der Waals surface area contributed by atoms with E-state index in [9.17, 15) is 9.18 Å². The van der Waals surface area contributed by atoms with Gasteiger partial charge in [0, 0.05) is 10.2 Å². The number of nitrogens with one attached hydrogen (secondary N) is 1. The average Bonchev–Trinajstić information content (AvgIpc) is 2.47. The fraction of sp³-hybridized carbons (Fsp3) is 0. The van der Waals surface area contributed by atoms with E-state index in [1.54, 1.807) is 30.3 Å². The van der Waals surface area contributed by atoms with Gasteiger partial charge in [-0.2, -0.15) is 5.26 Å². The standard InChI is InChI=1S/C16H10BrFN2O/c17-13-4-6-15(7-5-13)20-16(21)12(10-19)8-11-2-1-3-14(18)9-11/h1-9H,(H,20,21). The van der Waals surface area contributed by atoms with Crippen molar-refractivity contribution in [1.29, 1.82) is 5.26 Å². The summed E-state index contributed by atoms with van der Waals surface area (Å²) in [5, 5.41) is 11.7. The molecule has 0 bridgehead atoms. The van der Waals surface area contributed by atoms with E-state index in [-0.39, 0.29) is 5.57 Å². The van der Waals surface area contributed by atoms with E-state index in [0.717, 1.165) is 4.47 Å². The minimum Gasteiger partial charge on any atom is -0.321 e. The van der Waals surface area contributed by atoms with E-state index in [1.165, 1.54) is 24.3 Å². The molecular weight excluding hydrogens is 335 g/mol. The number of halogens is 2. The predicted molar refractivity (Wildman–Crippen MR) is 82.8 cm³/mol. The number of rotatable bonds is 3. The number of benzene rings is 2. The third kappa shape index (κ3) is 4.26. The number of anilines is 1. The van der Waals surface area contributed by atoms with Gasteiger partial charge in [-0.25, -0.2) is 4.39 Å². The fourth-order valence-corrected chi connectivity index (χ4v) is 1.91. The molecule has 1 amide bonds. The summed E-state index contributed by atoms with van der Waals surface area (Å²) in [6.07, 6.45) is 1.34. The number of carbonyl (C=O) groups is 1. The molecule has 0 radical (unpaired) electrons. The molecule has 2 aromatic rings. The first-order chi connectivity index (χ1) is 10.1. The van der Waals surface area contributed by atoms with Crippen LogP contribution in [0.4, 0.5) is 10.1 Å². The molecule has 0 aromatic heterocycles. The molecule has 1 N–H and O–H groups in total. The molecule has 0 spiro atoms. The molecule has 0 aliphatic rings. The van der Waals surface area contributed by atoms with Gasteiger partial charge < -0.3 is 5.32 Å². The third-order valence-corrected chi connectivity index (χ3v) is 3.16. The molecule has 2 rings (SSSR count). The lowest BCUT2D eigenvalue weighted by Crippen LogP contribution is -2.13. The second kappa shape index (κ2) is 6.82. The first-order valence-electron chi connectivity index (χ1n) is 6.03. The summed E-state index contributed by atoms with van der Waals surface area (Å²) in [6, 6.07) is 14.5. The highest BCUT2D eigenvalue weighted by atomic mass is 79.9. The molecule has 3 nitrogen and oxygen atoms in total. The van der Waals surface area contributed by atoms with Crippen LogP contribution in [0.2, 0.25) is 0 Å². The Bertz CT molecular complexity index is 733. The van der Waals surface area contributed by atoms with E-state index >= 15 is 0 Å². The van der Waals surface area contributed by atoms with E-state index in [2.05, 4.69) is 21.2 Å². The summed E-state index contributed by atoms with van der Waals surface area (Å²) < 4.78 is 14.0. The van der Waals surface area contributed by atoms with Gasteiger partial charge in [0.25, 0.3) is 5.91 Å². The molecule has 0 aliphatic heterocycles. The molecular formula is C16H10BrFN2O. The maximum absolute atomic E-state index is 13.1. The number of nitrogens with zero attached hydrogens (tertiary/aromatic N) is 1. The van der Waals surface area contributed by atoms with Crippen LogP contribution in [0, 0.1) is 17.1 Å². The summed E-state index contributed by atoms with van der Waals surface area (Å²) in [5.41, 5.74) is 0.935. The zero-order chi connectivity index (χ0) is 15.2. The summed E-state index contributed by atoms with van der Waals surface area (Å²) >= 11 is 3.29. The van der Waals surface area contributed by atoms with Gasteiger partial charge in [0.15, 0.2) is 0 Å². The minimum absolute atomic E-state index is 0.0940. The van der Waals surface area contributed by atoms with E-state index in [0.29, 0.717) is 11.3 Å². The second-order valence-electron chi connectivity index (χ2n) is 4.19. The fourth-order valence-electron chi connectivity index (χ4n) is 1.64. The molecule has 0 aliphatic carbocycles. The van der Waals surface area contributed by atoms with E-state index in [4.69, 9.17) is 5.26 Å². The molecule has 5 heteroatoms. The van der Waals surface area contributed by atoms with Crippen LogP contribution in [0.5, 0.6) is 0 Å². The van der Waals surface area contributed by atoms with Crippen molar-refractivity contribution in [2.75, 3.05) is 5.32 Å². The van der Waals surface area contributed by atoms with Crippen molar-refractivity contribution in [3.63, 3.8) is 0 Å². The maximum Gasteiger partial charge on any atom is 0.266 e. The lowest BCUT2D eigenvalue weighted by Gasteiger charge is -2.04. The van der Waals surface area contributed by atoms with E-state index < -0.39 is 11.7 Å². The zero-order valence-electron chi connectivity index (χ0n) is 10.8. The zero-order valence-corrected chi connectivity index (χ0v) is 12.4. The Morgan fingerprint density at radius 3 is 2.57 bits per heavy atom. The van der Waals surface area contributed by atoms with Crippen molar-refractivity contribution in [3.8, 4) is 6.07 Å². The molecule has 0 saturated heterocycles. The number of hydrogen-bond acceptors (Lipinski definition) is 2. The van der Waals surface area contributed by atoms with Crippen molar-refractivity contribution in [3.05, 3.63) is 70.0 Å². The number of nitriles is 1. The lowest BCUT2D eigenvalue weighted by molar-refractivity contribution is -0.112. The quantitative estimate of drug-likeness (QED) is 0.672. The lowest BCUT2D eigenvalue weighted by atomic mass is 10.1. The van der Waals surface area contributed by atoms with Gasteiger partial charge in [0.1, 0.15) is 17.5 Å². The summed E-state index contributed by atoms with van der Waals surface area (Å²) in [7, 11) is 0. The molecule has 0 heterocycles. The van der Waals surface area contributed by atoms with Crippen molar-refractivity contribution < 1.29 is 9.18 Å². The predicted octanol–water partition coefficient (Wildman–Crippen LogP) is 4.13. The monoisotopic (exact) mass is 344 g/mol. The first kappa shape index (κ1) is 14.9. The largest absolute Gasteiger partial charge is 0.321 e. The van der Waals surface area contributed by atoms with Gasteiger partial charge in [-0.1, -0.05) is 28.1 Å². The van der Waals surface area contributed by atoms with Crippen LogP contribution >= 0.6 is 15.9 Å². The Labute approximate surface area is 129 Å². The van der Waals surface area contributed by atoms with Crippen LogP contribution in [-0.2, 0) is 4.79 Å². The number of hydrogen-bond donors (Lipinski definition) is 1. The highest BCUT2D eigenvalue weighted by Gasteiger charge is 2.09. The SMILES string of the molecule is N#CC(=Cc1cccc(F)c1)C(=O)Nc1ccc(Br)cc1. The Kier molecular flexibility index (Phi) is 4.85. The average molecular weight is 345 g/mol. The van der Waals surface area contributed by atoms with Crippen LogP contribution in [0.15, 0.2) is 58.6 Å². The molecule has 21 heavy (non-hydrogen) atoms. The Morgan fingerprint density at radius 2 is 1.95 bits per heavy atom. The van der Waals surface area contributed by atoms with Gasteiger partial charge in [-0.15, -0.1) is 0 Å². The first-order valence-corrected chi connectivity index (χ1v) is 6.82. The van der Waals surface area contributed by atoms with Crippen LogP contribution in [0.3, 0.4) is 0 Å². The smallest absolute Gasteiger partial charge is 0.266 e. The molecule has 2 aromatic carbocycles. The van der Waals surface area contributed by atoms with Gasteiger partial charge in [0.2, 0.25) is 0 Å². The second-order valence-corrected chi connectivity index (χ2v) is 5.10. The Morgan fingerprint density at radius 1 is 1.24 bits per heavy atom. The van der Waals surface area contributed by atoms with Crippen LogP contribution in [-0.4, -0.2) is 5.91 Å². The van der Waals surface area contributed by atoms with Gasteiger partial charge in [-0.3, -0.25) is 4.79 Å². The normalized spacial score (nSPS) is 10.8. The molecule has 0 unspecified atom stereocenters. The van der Waals surface area contributed by atoms with Crippen LogP contribution < -0.4 is 5.32 Å². The van der Waals surface area contributed by atoms with E-state index in [1.807, 2.05) is 6.07 Å². The summed E-state index contributed by atoms with van der Waals surface area (Å²) in [5.74, 6) is -0.960. The van der Waals surface area contributed by atoms with Crippen molar-refractivity contribution in [2.45, 2.75) is 0 Å². The van der Waals surface area contributed by atoms with Crippen molar-refractivity contribution >= 4 is 33.6 Å². The summed E-state index contributed by atoms with van der Waals surface area (Å²) in [6.45, 7) is 0. The van der Waals surface area contributed by atoms with Gasteiger partial charge in [0.05, 0.1) is 0 Å². The Hall–Kier alpha value is -2.45. The highest BCUT2D eigenvalue weighted by Crippen LogP contribution is 2.15. The molecule has 0 saturated carbocycles. The topological polar surface area (TPSA) is 52.9 Å². The molecule has 104 valence electrons. The van der Waals surface area contributed by atoms with Gasteiger partial charge >= 0.3 is 0 Å². The number of amides is 1. The van der Waals surface area contributed by atoms with Crippen molar-refractivity contribution in [2.24, 2.45) is 0 Å². The minimum atomic E-state index is -0.538. The molecule has 0 atom stereocenters. The third-order valence-electron chi connectivity index (χ3n) is 2.63. The summed E-state index contributed by atoms with van der Waals surface area (Å²) in [4.78, 5) is 12.0. The van der Waals surface area contributed by atoms with Crippen molar-refractivity contribution in [1.82, 2.24) is 0 Å². The highest BCUT2D eigenvalue weighted by molar-refractivity contribution is 9.10. The molecule has 0 fully saturated rings. The maximum atomic E-state index is 13.1. The van der Waals surface area contributed by atoms with Crippen LogP contribution in [0.1, 0.15) is 5.56 Å². The number of carbonyl (C=O) groups excluding carboxylic acids is 1. The van der Waals surface area contributed by atoms with Crippen LogP contribution in [0.25, 0.3) is 6.08 Å².